The van der Waals surface area contributed by atoms with Crippen molar-refractivity contribution in [1.29, 1.82) is 0 Å². The van der Waals surface area contributed by atoms with Crippen molar-refractivity contribution in [1.82, 2.24) is 4.98 Å². The smallest absolute Gasteiger partial charge is 0.256 e. The zero-order valence-electron chi connectivity index (χ0n) is 12.6. The highest BCUT2D eigenvalue weighted by Gasteiger charge is 2.14. The molecule has 1 fully saturated rings. The van der Waals surface area contributed by atoms with Crippen molar-refractivity contribution in [2.24, 2.45) is 0 Å². The number of hydrogen-bond donors (Lipinski definition) is 2. The quantitative estimate of drug-likeness (QED) is 0.836. The number of carbonyl (C=O) groups excluding carboxylic acids is 1. The summed E-state index contributed by atoms with van der Waals surface area (Å²) in [6.07, 6.45) is 4.23. The van der Waals surface area contributed by atoms with Crippen LogP contribution in [-0.2, 0) is 4.74 Å². The molecule has 1 aromatic carbocycles. The fourth-order valence-corrected chi connectivity index (χ4v) is 2.66. The van der Waals surface area contributed by atoms with Gasteiger partial charge in [0.25, 0.3) is 5.91 Å². The van der Waals surface area contributed by atoms with E-state index in [9.17, 15) is 4.79 Å². The summed E-state index contributed by atoms with van der Waals surface area (Å²) < 4.78 is 6.50. The van der Waals surface area contributed by atoms with Gasteiger partial charge in [-0.15, -0.1) is 0 Å². The fourth-order valence-electron chi connectivity index (χ4n) is 2.40. The Labute approximate surface area is 143 Å². The molecule has 0 spiro atoms. The standard InChI is InChI=1S/C17H18BrN3O2/c18-13-5-3-12(4-6-13)17(22)21-16-8-7-14(10-20-16)19-11-15-2-1-9-23-15/h3-8,10,15,19H,1-2,9,11H2,(H,20,21,22). The molecule has 0 saturated carbocycles. The molecule has 3 rings (SSSR count). The van der Waals surface area contributed by atoms with Crippen LogP contribution in [0.2, 0.25) is 0 Å². The summed E-state index contributed by atoms with van der Waals surface area (Å²) in [4.78, 5) is 16.4. The minimum Gasteiger partial charge on any atom is -0.381 e. The molecule has 5 nitrogen and oxygen atoms in total. The molecule has 1 aromatic heterocycles. The van der Waals surface area contributed by atoms with Crippen LogP contribution in [0.4, 0.5) is 11.5 Å². The molecule has 6 heteroatoms. The maximum absolute atomic E-state index is 12.1. The SMILES string of the molecule is O=C(Nc1ccc(NCC2CCCO2)cn1)c1ccc(Br)cc1. The molecule has 1 aliphatic rings. The Morgan fingerprint density at radius 1 is 1.26 bits per heavy atom. The van der Waals surface area contributed by atoms with Crippen molar-refractivity contribution in [3.8, 4) is 0 Å². The molecule has 1 unspecified atom stereocenters. The van der Waals surface area contributed by atoms with Crippen molar-refractivity contribution >= 4 is 33.3 Å². The van der Waals surface area contributed by atoms with Crippen molar-refractivity contribution in [2.45, 2.75) is 18.9 Å². The number of rotatable bonds is 5. The lowest BCUT2D eigenvalue weighted by Crippen LogP contribution is -2.18. The molecule has 1 aliphatic heterocycles. The zero-order valence-corrected chi connectivity index (χ0v) is 14.2. The number of nitrogens with zero attached hydrogens (tertiary/aromatic N) is 1. The van der Waals surface area contributed by atoms with Crippen LogP contribution in [0.1, 0.15) is 23.2 Å². The molecule has 120 valence electrons. The summed E-state index contributed by atoms with van der Waals surface area (Å²) in [7, 11) is 0. The van der Waals surface area contributed by atoms with E-state index in [1.807, 2.05) is 18.2 Å². The summed E-state index contributed by atoms with van der Waals surface area (Å²) >= 11 is 3.35. The molecule has 2 aromatic rings. The van der Waals surface area contributed by atoms with E-state index in [2.05, 4.69) is 31.5 Å². The number of halogens is 1. The van der Waals surface area contributed by atoms with E-state index in [-0.39, 0.29) is 12.0 Å². The van der Waals surface area contributed by atoms with Gasteiger partial charge in [-0.2, -0.15) is 0 Å². The molecule has 0 bridgehead atoms. The van der Waals surface area contributed by atoms with Gasteiger partial charge in [-0.25, -0.2) is 4.98 Å². The van der Waals surface area contributed by atoms with Gasteiger partial charge in [-0.3, -0.25) is 4.79 Å². The van der Waals surface area contributed by atoms with Gasteiger partial charge in [-0.1, -0.05) is 15.9 Å². The fraction of sp³-hybridized carbons (Fsp3) is 0.294. The lowest BCUT2D eigenvalue weighted by Gasteiger charge is -2.12. The van der Waals surface area contributed by atoms with Gasteiger partial charge in [0.2, 0.25) is 0 Å². The van der Waals surface area contributed by atoms with Crippen LogP contribution in [0, 0.1) is 0 Å². The minimum atomic E-state index is -0.176. The number of hydrogen-bond acceptors (Lipinski definition) is 4. The first-order valence-electron chi connectivity index (χ1n) is 7.59. The largest absolute Gasteiger partial charge is 0.381 e. The van der Waals surface area contributed by atoms with Gasteiger partial charge in [0.05, 0.1) is 18.0 Å². The summed E-state index contributed by atoms with van der Waals surface area (Å²) in [6, 6.07) is 10.9. The molecule has 1 atom stereocenters. The number of amides is 1. The van der Waals surface area contributed by atoms with Gasteiger partial charge in [0, 0.05) is 23.2 Å². The summed E-state index contributed by atoms with van der Waals surface area (Å²) in [5.41, 5.74) is 1.51. The Hall–Kier alpha value is -1.92. The first kappa shape index (κ1) is 16.0. The van der Waals surface area contributed by atoms with Crippen molar-refractivity contribution < 1.29 is 9.53 Å². The monoisotopic (exact) mass is 375 g/mol. The third-order valence-corrected chi connectivity index (χ3v) is 4.20. The number of benzene rings is 1. The average molecular weight is 376 g/mol. The van der Waals surface area contributed by atoms with Gasteiger partial charge in [-0.05, 0) is 49.2 Å². The topological polar surface area (TPSA) is 63.2 Å². The lowest BCUT2D eigenvalue weighted by atomic mass is 10.2. The maximum atomic E-state index is 12.1. The van der Waals surface area contributed by atoms with Gasteiger partial charge < -0.3 is 15.4 Å². The number of anilines is 2. The predicted octanol–water partition coefficient (Wildman–Crippen LogP) is 3.69. The zero-order chi connectivity index (χ0) is 16.1. The van der Waals surface area contributed by atoms with E-state index in [1.54, 1.807) is 24.4 Å². The maximum Gasteiger partial charge on any atom is 0.256 e. The van der Waals surface area contributed by atoms with Gasteiger partial charge >= 0.3 is 0 Å². The van der Waals surface area contributed by atoms with E-state index >= 15 is 0 Å². The van der Waals surface area contributed by atoms with Crippen molar-refractivity contribution in [3.63, 3.8) is 0 Å². The Balaban J connectivity index is 1.54. The molecule has 2 heterocycles. The second kappa shape index (κ2) is 7.57. The van der Waals surface area contributed by atoms with Crippen LogP contribution in [0.15, 0.2) is 47.1 Å². The molecule has 0 radical (unpaired) electrons. The molecular weight excluding hydrogens is 358 g/mol. The summed E-state index contributed by atoms with van der Waals surface area (Å²) in [6.45, 7) is 1.64. The Bertz CT molecular complexity index is 653. The highest BCUT2D eigenvalue weighted by molar-refractivity contribution is 9.10. The van der Waals surface area contributed by atoms with Gasteiger partial charge in [0.15, 0.2) is 0 Å². The number of aromatic nitrogens is 1. The van der Waals surface area contributed by atoms with Crippen LogP contribution >= 0.6 is 15.9 Å². The van der Waals surface area contributed by atoms with E-state index in [0.717, 1.165) is 36.2 Å². The molecule has 2 N–H and O–H groups in total. The number of pyridine rings is 1. The average Bonchev–Trinajstić information content (AvgIpc) is 3.08. The molecular formula is C17H18BrN3O2. The van der Waals surface area contributed by atoms with Crippen LogP contribution in [-0.4, -0.2) is 30.1 Å². The van der Waals surface area contributed by atoms with Gasteiger partial charge in [0.1, 0.15) is 5.82 Å². The highest BCUT2D eigenvalue weighted by atomic mass is 79.9. The highest BCUT2D eigenvalue weighted by Crippen LogP contribution is 2.16. The molecule has 23 heavy (non-hydrogen) atoms. The first-order valence-corrected chi connectivity index (χ1v) is 8.38. The van der Waals surface area contributed by atoms with Crippen LogP contribution < -0.4 is 10.6 Å². The number of nitrogens with one attached hydrogen (secondary N) is 2. The van der Waals surface area contributed by atoms with E-state index in [0.29, 0.717) is 11.4 Å². The van der Waals surface area contributed by atoms with Crippen LogP contribution in [0.25, 0.3) is 0 Å². The second-order valence-corrected chi connectivity index (χ2v) is 6.32. The van der Waals surface area contributed by atoms with Crippen LogP contribution in [0.3, 0.4) is 0 Å². The predicted molar refractivity (Wildman–Crippen MR) is 93.8 cm³/mol. The van der Waals surface area contributed by atoms with Crippen molar-refractivity contribution in [3.05, 3.63) is 52.6 Å². The Morgan fingerprint density at radius 2 is 2.09 bits per heavy atom. The third kappa shape index (κ3) is 4.53. The molecule has 1 amide bonds. The van der Waals surface area contributed by atoms with E-state index < -0.39 is 0 Å². The van der Waals surface area contributed by atoms with Crippen LogP contribution in [0.5, 0.6) is 0 Å². The number of ether oxygens (including phenoxy) is 1. The second-order valence-electron chi connectivity index (χ2n) is 5.41. The Morgan fingerprint density at radius 3 is 2.74 bits per heavy atom. The Kier molecular flexibility index (Phi) is 5.25. The first-order chi connectivity index (χ1) is 11.2. The van der Waals surface area contributed by atoms with E-state index in [4.69, 9.17) is 4.74 Å². The van der Waals surface area contributed by atoms with E-state index in [1.165, 1.54) is 0 Å². The summed E-state index contributed by atoms with van der Waals surface area (Å²) in [5, 5.41) is 6.08. The third-order valence-electron chi connectivity index (χ3n) is 3.67. The number of carbonyl (C=O) groups is 1. The minimum absolute atomic E-state index is 0.176. The van der Waals surface area contributed by atoms with Crippen molar-refractivity contribution in [2.75, 3.05) is 23.8 Å². The molecule has 0 aliphatic carbocycles. The summed E-state index contributed by atoms with van der Waals surface area (Å²) in [5.74, 6) is 0.352. The normalized spacial score (nSPS) is 17.0. The lowest BCUT2D eigenvalue weighted by molar-refractivity contribution is 0.102. The molecule has 1 saturated heterocycles.